The molecule has 2 aromatic carbocycles. The summed E-state index contributed by atoms with van der Waals surface area (Å²) in [4.78, 5) is 0. The second kappa shape index (κ2) is 6.22. The molecule has 0 atom stereocenters. The van der Waals surface area contributed by atoms with Gasteiger partial charge in [0.2, 0.25) is 0 Å². The van der Waals surface area contributed by atoms with Gasteiger partial charge in [-0.05, 0) is 36.1 Å². The van der Waals surface area contributed by atoms with Crippen LogP contribution in [0.15, 0.2) is 54.6 Å². The molecule has 0 aliphatic carbocycles. The number of nitrogens with two attached hydrogens (primary N) is 1. The van der Waals surface area contributed by atoms with Crippen LogP contribution in [-0.2, 0) is 0 Å². The van der Waals surface area contributed by atoms with Crippen molar-refractivity contribution in [3.8, 4) is 0 Å². The largest absolute Gasteiger partial charge is 0.391 e. The Balaban J connectivity index is 0.000000350. The molecule has 0 spiro atoms. The van der Waals surface area contributed by atoms with Crippen molar-refractivity contribution in [3.63, 3.8) is 0 Å². The summed E-state index contributed by atoms with van der Waals surface area (Å²) in [7, 11) is 0. The van der Waals surface area contributed by atoms with Gasteiger partial charge in [-0.15, -0.1) is 11.3 Å². The lowest BCUT2D eigenvalue weighted by Gasteiger charge is -1.99. The molecule has 3 nitrogen and oxygen atoms in total. The van der Waals surface area contributed by atoms with E-state index in [-0.39, 0.29) is 2.85 Å². The van der Waals surface area contributed by atoms with Gasteiger partial charge in [-0.3, -0.25) is 10.7 Å². The molecule has 3 aromatic rings. The number of nitrogen functional groups attached to an aromatic ring is 1. The second-order valence-electron chi connectivity index (χ2n) is 4.11. The van der Waals surface area contributed by atoms with Crippen molar-refractivity contribution < 1.29 is 8.06 Å². The van der Waals surface area contributed by atoms with Gasteiger partial charge >= 0.3 is 0 Å². The van der Waals surface area contributed by atoms with E-state index in [2.05, 4.69) is 17.6 Å². The van der Waals surface area contributed by atoms with Crippen LogP contribution in [0.3, 0.4) is 0 Å². The van der Waals surface area contributed by atoms with Crippen molar-refractivity contribution in [1.82, 2.24) is 0 Å². The normalized spacial score (nSPS) is 9.79. The Hall–Kier alpha value is -2.04. The molecule has 102 valence electrons. The smallest absolute Gasteiger partial charge is 0.0868 e. The van der Waals surface area contributed by atoms with Gasteiger partial charge in [-0.2, -0.15) is 0 Å². The molecular formula is C15H20N2OS. The number of benzene rings is 2. The Morgan fingerprint density at radius 2 is 1.79 bits per heavy atom. The van der Waals surface area contributed by atoms with E-state index < -0.39 is 0 Å². The van der Waals surface area contributed by atoms with Crippen LogP contribution in [0.25, 0.3) is 10.1 Å². The lowest BCUT2D eigenvalue weighted by molar-refractivity contribution is 0.388. The molecule has 1 heterocycles. The molecule has 0 unspecified atom stereocenters. The topological polar surface area (TPSA) is 58.3 Å². The van der Waals surface area contributed by atoms with Crippen molar-refractivity contribution in [3.05, 3.63) is 60.2 Å². The average Bonchev–Trinajstić information content (AvgIpc) is 2.80. The van der Waals surface area contributed by atoms with E-state index >= 15 is 0 Å². The summed E-state index contributed by atoms with van der Waals surface area (Å²) in [5.41, 5.74) is 9.51. The molecule has 3 rings (SSSR count). The Morgan fingerprint density at radius 1 is 1.11 bits per heavy atom. The van der Waals surface area contributed by atoms with E-state index in [1.54, 1.807) is 11.3 Å². The highest BCUT2D eigenvalue weighted by Crippen LogP contribution is 2.26. The maximum absolute atomic E-state index is 8.47. The van der Waals surface area contributed by atoms with Gasteiger partial charge in [0.1, 0.15) is 0 Å². The van der Waals surface area contributed by atoms with Gasteiger partial charge in [-0.25, -0.2) is 0 Å². The third-order valence-corrected chi connectivity index (χ3v) is 3.66. The van der Waals surface area contributed by atoms with Crippen LogP contribution in [0.5, 0.6) is 0 Å². The van der Waals surface area contributed by atoms with Crippen molar-refractivity contribution >= 4 is 32.1 Å². The number of thiophene rings is 1. The summed E-state index contributed by atoms with van der Waals surface area (Å²) in [5.74, 6) is 0. The van der Waals surface area contributed by atoms with E-state index in [1.165, 1.54) is 10.1 Å². The predicted octanol–water partition coefficient (Wildman–Crippen LogP) is 4.77. The molecule has 0 amide bonds. The highest BCUT2D eigenvalue weighted by atomic mass is 32.1. The number of anilines is 2. The lowest BCUT2D eigenvalue weighted by Crippen LogP contribution is -1.90. The standard InChI is InChI=1S/C8H7NS.C7H9NO.2H2/c9-8-5-6-3-1-2-4-7(6)10-8;1-6-4-2-3-5-7(6)8-9;;/h1-5H,9H2;2-5,8-9H,1H3;2*1H. The van der Waals surface area contributed by atoms with Crippen molar-refractivity contribution in [2.45, 2.75) is 6.92 Å². The zero-order chi connectivity index (χ0) is 13.7. The molecule has 0 fully saturated rings. The first-order valence-electron chi connectivity index (χ1n) is 5.90. The van der Waals surface area contributed by atoms with Gasteiger partial charge in [-0.1, -0.05) is 36.4 Å². The number of hydrogen-bond acceptors (Lipinski definition) is 4. The van der Waals surface area contributed by atoms with E-state index in [4.69, 9.17) is 10.9 Å². The van der Waals surface area contributed by atoms with Crippen LogP contribution >= 0.6 is 11.3 Å². The molecule has 4 heteroatoms. The fourth-order valence-corrected chi connectivity index (χ4v) is 2.53. The van der Waals surface area contributed by atoms with Crippen LogP contribution in [0.2, 0.25) is 0 Å². The SMILES string of the molecule is Cc1ccccc1NO.Nc1cc2ccccc2s1.[HH].[HH]. The van der Waals surface area contributed by atoms with E-state index in [0.717, 1.165) is 16.3 Å². The predicted molar refractivity (Wildman–Crippen MR) is 87.1 cm³/mol. The molecular weight excluding hydrogens is 256 g/mol. The number of aryl methyl sites for hydroxylation is 1. The highest BCUT2D eigenvalue weighted by molar-refractivity contribution is 7.22. The summed E-state index contributed by atoms with van der Waals surface area (Å²) >= 11 is 1.63. The number of nitrogens with one attached hydrogen (secondary N) is 1. The number of hydrogen-bond donors (Lipinski definition) is 3. The minimum Gasteiger partial charge on any atom is -0.391 e. The molecule has 0 aliphatic rings. The minimum atomic E-state index is 0. The summed E-state index contributed by atoms with van der Waals surface area (Å²) in [6, 6.07) is 17.7. The monoisotopic (exact) mass is 276 g/mol. The zero-order valence-corrected chi connectivity index (χ0v) is 11.4. The molecule has 0 saturated heterocycles. The first-order chi connectivity index (χ1) is 9.20. The van der Waals surface area contributed by atoms with Gasteiger partial charge < -0.3 is 5.73 Å². The first-order valence-corrected chi connectivity index (χ1v) is 6.72. The Labute approximate surface area is 119 Å². The average molecular weight is 276 g/mol. The first kappa shape index (κ1) is 13.4. The summed E-state index contributed by atoms with van der Waals surface area (Å²) < 4.78 is 1.26. The fraction of sp³-hybridized carbons (Fsp3) is 0.0667. The zero-order valence-electron chi connectivity index (χ0n) is 10.6. The molecule has 19 heavy (non-hydrogen) atoms. The molecule has 4 N–H and O–H groups in total. The molecule has 0 aliphatic heterocycles. The number of fused-ring (bicyclic) bond motifs is 1. The van der Waals surface area contributed by atoms with Gasteiger partial charge in [0.15, 0.2) is 0 Å². The third-order valence-electron chi connectivity index (χ3n) is 2.71. The van der Waals surface area contributed by atoms with Crippen LogP contribution in [0, 0.1) is 6.92 Å². The fourth-order valence-electron chi connectivity index (χ4n) is 1.70. The second-order valence-corrected chi connectivity index (χ2v) is 5.23. The van der Waals surface area contributed by atoms with E-state index in [0.29, 0.717) is 0 Å². The van der Waals surface area contributed by atoms with Gasteiger partial charge in [0.25, 0.3) is 0 Å². The summed E-state index contributed by atoms with van der Waals surface area (Å²) in [6.07, 6.45) is 0. The summed E-state index contributed by atoms with van der Waals surface area (Å²) in [5, 5.41) is 10.6. The Kier molecular flexibility index (Phi) is 4.39. The van der Waals surface area contributed by atoms with E-state index in [9.17, 15) is 0 Å². The Bertz CT molecular complexity index is 640. The molecule has 1 aromatic heterocycles. The maximum Gasteiger partial charge on any atom is 0.0868 e. The number of rotatable bonds is 1. The quantitative estimate of drug-likeness (QED) is 0.561. The van der Waals surface area contributed by atoms with Crippen LogP contribution in [0.1, 0.15) is 8.42 Å². The third kappa shape index (κ3) is 3.47. The highest BCUT2D eigenvalue weighted by Gasteiger charge is 1.94. The lowest BCUT2D eigenvalue weighted by atomic mass is 10.2. The molecule has 0 radical (unpaired) electrons. The van der Waals surface area contributed by atoms with Crippen LogP contribution in [-0.4, -0.2) is 5.21 Å². The Morgan fingerprint density at radius 3 is 2.42 bits per heavy atom. The van der Waals surface area contributed by atoms with Crippen molar-refractivity contribution in [2.75, 3.05) is 11.2 Å². The van der Waals surface area contributed by atoms with E-state index in [1.807, 2.05) is 49.4 Å². The maximum atomic E-state index is 8.47. The van der Waals surface area contributed by atoms with Gasteiger partial charge in [0, 0.05) is 7.55 Å². The minimum absolute atomic E-state index is 0. The van der Waals surface area contributed by atoms with Gasteiger partial charge in [0.05, 0.1) is 10.7 Å². The molecule has 0 saturated carbocycles. The summed E-state index contributed by atoms with van der Waals surface area (Å²) in [6.45, 7) is 1.93. The van der Waals surface area contributed by atoms with Crippen molar-refractivity contribution in [2.24, 2.45) is 0 Å². The van der Waals surface area contributed by atoms with Crippen LogP contribution < -0.4 is 11.2 Å². The molecule has 0 bridgehead atoms. The van der Waals surface area contributed by atoms with Crippen LogP contribution in [0.4, 0.5) is 10.7 Å². The van der Waals surface area contributed by atoms with Crippen molar-refractivity contribution in [1.29, 1.82) is 0 Å². The number of para-hydroxylation sites is 1.